The van der Waals surface area contributed by atoms with Crippen LogP contribution in [0.5, 0.6) is 0 Å². The Kier molecular flexibility index (Phi) is 18.9. The molecule has 0 heterocycles. The summed E-state index contributed by atoms with van der Waals surface area (Å²) in [6.07, 6.45) is 0. The molecule has 0 nitrogen and oxygen atoms in total. The van der Waals surface area contributed by atoms with E-state index >= 15 is 0 Å². The Morgan fingerprint density at radius 3 is 0.445 bits per heavy atom. The molecule has 0 bridgehead atoms. The van der Waals surface area contributed by atoms with Gasteiger partial charge in [-0.15, -0.1) is 0 Å². The van der Waals surface area contributed by atoms with Gasteiger partial charge in [0.2, 0.25) is 0 Å². The summed E-state index contributed by atoms with van der Waals surface area (Å²) in [5.74, 6) is 0. The van der Waals surface area contributed by atoms with E-state index in [1.807, 2.05) is 0 Å². The first-order chi connectivity index (χ1) is 72.4. The van der Waals surface area contributed by atoms with Gasteiger partial charge < -0.3 is 0 Å². The largest absolute Gasteiger partial charge is 0.0616 e. The Balaban J connectivity index is 0.000000102. The van der Waals surface area contributed by atoms with Crippen LogP contribution in [0.2, 0.25) is 0 Å². The van der Waals surface area contributed by atoms with Crippen LogP contribution >= 0.6 is 0 Å². The van der Waals surface area contributed by atoms with Gasteiger partial charge in [-0.3, -0.25) is 0 Å². The Morgan fingerprint density at radius 2 is 0.205 bits per heavy atom. The van der Waals surface area contributed by atoms with E-state index in [0.717, 1.165) is 0 Å². The van der Waals surface area contributed by atoms with Crippen molar-refractivity contribution in [1.82, 2.24) is 0 Å². The molecule has 0 spiro atoms. The molecule has 32 rings (SSSR count). The van der Waals surface area contributed by atoms with Gasteiger partial charge in [0.05, 0.1) is 0 Å². The molecule has 672 valence electrons. The Labute approximate surface area is 842 Å². The van der Waals surface area contributed by atoms with Crippen molar-refractivity contribution < 1.29 is 0 Å². The zero-order chi connectivity index (χ0) is 95.7. The third kappa shape index (κ3) is 13.1. The normalized spacial score (nSPS) is 12.0. The molecule has 0 saturated heterocycles. The average Bonchev–Trinajstić information content (AvgIpc) is 0.720. The maximum absolute atomic E-state index is 2.44. The second kappa shape index (κ2) is 33.4. The van der Waals surface area contributed by atoms with E-state index < -0.39 is 0 Å². The van der Waals surface area contributed by atoms with Crippen molar-refractivity contribution in [2.75, 3.05) is 0 Å². The lowest BCUT2D eigenvalue weighted by Crippen LogP contribution is -1.93. The molecule has 32 aromatic carbocycles. The van der Waals surface area contributed by atoms with Gasteiger partial charge in [-0.2, -0.15) is 0 Å². The lowest BCUT2D eigenvalue weighted by Gasteiger charge is -2.20. The molecule has 32 aromatic rings. The molecule has 0 aliphatic rings. The molecule has 0 atom stereocenters. The summed E-state index contributed by atoms with van der Waals surface area (Å²) < 4.78 is 0. The molecule has 0 radical (unpaired) electrons. The molecule has 0 aliphatic heterocycles. The zero-order valence-electron chi connectivity index (χ0n) is 79.8. The van der Waals surface area contributed by atoms with Crippen molar-refractivity contribution in [1.29, 1.82) is 0 Å². The predicted octanol–water partition coefficient (Wildman–Crippen LogP) is 41.6. The highest BCUT2D eigenvalue weighted by molar-refractivity contribution is 6.34. The molecule has 146 heavy (non-hydrogen) atoms. The highest BCUT2D eigenvalue weighted by atomic mass is 14.3. The third-order valence-corrected chi connectivity index (χ3v) is 31.9. The van der Waals surface area contributed by atoms with Crippen LogP contribution in [-0.2, 0) is 0 Å². The monoisotopic (exact) mass is 1840 g/mol. The predicted molar refractivity (Wildman–Crippen MR) is 635 cm³/mol. The van der Waals surface area contributed by atoms with Crippen LogP contribution in [0, 0.1) is 0 Å². The molecular weight excluding hydrogens is 1750 g/mol. The lowest BCUT2D eigenvalue weighted by molar-refractivity contribution is 1.70. The van der Waals surface area contributed by atoms with Crippen molar-refractivity contribution >= 4 is 248 Å². The molecular formula is C146H88. The van der Waals surface area contributed by atoms with Crippen LogP contribution < -0.4 is 0 Å². The summed E-state index contributed by atoms with van der Waals surface area (Å²) in [7, 11) is 0. The Hall–Kier alpha value is -19.0. The van der Waals surface area contributed by atoms with E-state index in [1.165, 1.54) is 315 Å². The maximum atomic E-state index is 2.44. The van der Waals surface area contributed by atoms with Crippen LogP contribution in [0.25, 0.3) is 315 Å². The lowest BCUT2D eigenvalue weighted by atomic mass is 9.82. The summed E-state index contributed by atoms with van der Waals surface area (Å²) in [6, 6.07) is 198. The van der Waals surface area contributed by atoms with Crippen LogP contribution in [-0.4, -0.2) is 0 Å². The summed E-state index contributed by atoms with van der Waals surface area (Å²) in [5.41, 5.74) is 15.4. The summed E-state index contributed by atoms with van der Waals surface area (Å²) in [4.78, 5) is 0. The SMILES string of the molecule is c1ccc2cc3c(ccc4c(-c5c6ccccc6c(-c6cc7cc8ccccc8cc7c7ccccc67)c6ccccc56)cccc43)cc2c1.c1ccc2cc3c(ccc4c(-c5c6ccccc6c(-c6cc7ccccc7c7ccccc67)c6ccccc56)cccc43)cc2c1.c1ccc2cc3c(ccc4c(-c5c6ccccc6c(-c6cccc7c6ccc6cc8ccccc8cc67)c6ccccc56)cccc43)cc2c1. The van der Waals surface area contributed by atoms with Crippen molar-refractivity contribution in [3.63, 3.8) is 0 Å². The minimum atomic E-state index is 1.27. The van der Waals surface area contributed by atoms with Crippen LogP contribution in [0.15, 0.2) is 534 Å². The van der Waals surface area contributed by atoms with Crippen LogP contribution in [0.1, 0.15) is 0 Å². The number of hydrogen-bond donors (Lipinski definition) is 0. The van der Waals surface area contributed by atoms with E-state index in [9.17, 15) is 0 Å². The van der Waals surface area contributed by atoms with E-state index in [1.54, 1.807) is 0 Å². The van der Waals surface area contributed by atoms with Crippen molar-refractivity contribution in [3.8, 4) is 66.8 Å². The van der Waals surface area contributed by atoms with Crippen molar-refractivity contribution in [2.45, 2.75) is 0 Å². The molecule has 0 saturated carbocycles. The fourth-order valence-corrected chi connectivity index (χ4v) is 25.4. The Morgan fingerprint density at radius 1 is 0.0616 bits per heavy atom. The fraction of sp³-hybridized carbons (Fsp3) is 0. The van der Waals surface area contributed by atoms with Crippen molar-refractivity contribution in [2.24, 2.45) is 0 Å². The van der Waals surface area contributed by atoms with E-state index in [-0.39, 0.29) is 0 Å². The number of hydrogen-bond acceptors (Lipinski definition) is 0. The first-order valence-corrected chi connectivity index (χ1v) is 50.9. The highest BCUT2D eigenvalue weighted by Crippen LogP contribution is 2.54. The molecule has 0 amide bonds. The summed E-state index contributed by atoms with van der Waals surface area (Å²) in [5, 5.41) is 58.9. The zero-order valence-corrected chi connectivity index (χ0v) is 79.8. The van der Waals surface area contributed by atoms with Gasteiger partial charge in [0.25, 0.3) is 0 Å². The molecule has 0 heteroatoms. The molecule has 0 unspecified atom stereocenters. The first-order valence-electron chi connectivity index (χ1n) is 50.9. The number of fused-ring (bicyclic) bond motifs is 29. The molecule has 0 fully saturated rings. The molecule has 0 aliphatic carbocycles. The van der Waals surface area contributed by atoms with Gasteiger partial charge in [0.1, 0.15) is 0 Å². The third-order valence-electron chi connectivity index (χ3n) is 31.9. The van der Waals surface area contributed by atoms with E-state index in [0.29, 0.717) is 0 Å². The van der Waals surface area contributed by atoms with Gasteiger partial charge in [-0.25, -0.2) is 0 Å². The quantitative estimate of drug-likeness (QED) is 0.115. The first kappa shape index (κ1) is 82.9. The van der Waals surface area contributed by atoms with Gasteiger partial charge in [-0.05, 0) is 387 Å². The van der Waals surface area contributed by atoms with Gasteiger partial charge >= 0.3 is 0 Å². The smallest absolute Gasteiger partial charge is 0.00199 e. The maximum Gasteiger partial charge on any atom is -0.00199 e. The van der Waals surface area contributed by atoms with E-state index in [2.05, 4.69) is 534 Å². The molecule has 0 N–H and O–H groups in total. The number of rotatable bonds is 6. The van der Waals surface area contributed by atoms with Crippen LogP contribution in [0.4, 0.5) is 0 Å². The fourth-order valence-electron chi connectivity index (χ4n) is 25.4. The topological polar surface area (TPSA) is 0 Å². The van der Waals surface area contributed by atoms with E-state index in [4.69, 9.17) is 0 Å². The van der Waals surface area contributed by atoms with Gasteiger partial charge in [0.15, 0.2) is 0 Å². The highest BCUT2D eigenvalue weighted by Gasteiger charge is 2.27. The van der Waals surface area contributed by atoms with Crippen LogP contribution in [0.3, 0.4) is 0 Å². The Bertz CT molecular complexity index is 10800. The molecule has 0 aromatic heterocycles. The second-order valence-corrected chi connectivity index (χ2v) is 39.7. The summed E-state index contributed by atoms with van der Waals surface area (Å²) in [6.45, 7) is 0. The summed E-state index contributed by atoms with van der Waals surface area (Å²) >= 11 is 0. The minimum absolute atomic E-state index is 1.27. The van der Waals surface area contributed by atoms with Gasteiger partial charge in [-0.1, -0.05) is 461 Å². The standard InChI is InChI=1S/2C50H30.C46H28/c1-3-13-33-29-47-35(27-31(33)11-1)23-25-39-37(47)19-9-21-41(39)49-43-15-5-7-17-45(43)50(46-18-8-6-16-44(46)49)42-22-10-20-38-40(42)26-24-36-28-32-12-2-4-14-34(32)30-48(36)38;1-3-14-33-28-46-35(26-31(33)12-1)24-25-40-38(46)22-11-23-41(40)49-42-18-7-9-20-44(42)50(45-21-10-8-19-43(45)49)48-30-36-27-32-13-2-4-15-34(32)29-47(36)37-16-5-6-17-39(37)48;1-2-13-30-27-43-32(26-29(30)12-1)24-25-37-35(43)22-11-23-38(37)45-39-18-7-9-20-41(39)46(42-21-10-8-19-40(42)45)44-28-31-14-3-4-15-33(31)34-16-5-6-17-36(34)44/h2*1-30H;1-28H. The average molecular weight is 1840 g/mol. The minimum Gasteiger partial charge on any atom is -0.0616 e. The van der Waals surface area contributed by atoms with Gasteiger partial charge in [0, 0.05) is 0 Å². The second-order valence-electron chi connectivity index (χ2n) is 39.7. The van der Waals surface area contributed by atoms with Crippen molar-refractivity contribution in [3.05, 3.63) is 534 Å². The number of benzene rings is 32.